The molecule has 1 aliphatic heterocycles. The van der Waals surface area contributed by atoms with E-state index in [-0.39, 0.29) is 24.6 Å². The number of esters is 1. The van der Waals surface area contributed by atoms with Gasteiger partial charge in [-0.3, -0.25) is 14.2 Å². The summed E-state index contributed by atoms with van der Waals surface area (Å²) in [5.74, 6) is -0.726. The van der Waals surface area contributed by atoms with Crippen molar-refractivity contribution >= 4 is 51.3 Å². The van der Waals surface area contributed by atoms with Crippen LogP contribution in [0.4, 0.5) is 0 Å². The van der Waals surface area contributed by atoms with Crippen molar-refractivity contribution in [3.05, 3.63) is 53.9 Å². The van der Waals surface area contributed by atoms with Gasteiger partial charge in [0.2, 0.25) is 5.91 Å². The quantitative estimate of drug-likeness (QED) is 0.588. The molecule has 154 valence electrons. The van der Waals surface area contributed by atoms with E-state index in [0.717, 1.165) is 21.4 Å². The summed E-state index contributed by atoms with van der Waals surface area (Å²) in [5, 5.41) is 0. The van der Waals surface area contributed by atoms with E-state index in [1.54, 1.807) is 17.9 Å². The molecule has 2 heterocycles. The molecule has 0 bridgehead atoms. The standard InChI is InChI=1S/C20H21BrN2O5S/c1-2-28-19(25)12-18-23(13-17(24)22-6-8-27-9-7-22)20(26)16(29-18)11-14-4-3-5-15(21)10-14/h3-5,10-12H,2,6-9,13H2,1H3/b16-11+,18-12-. The molecule has 7 nitrogen and oxygen atoms in total. The van der Waals surface area contributed by atoms with Gasteiger partial charge in [-0.2, -0.15) is 0 Å². The van der Waals surface area contributed by atoms with Crippen molar-refractivity contribution in [3.63, 3.8) is 0 Å². The number of hydrogen-bond donors (Lipinski definition) is 0. The number of halogens is 1. The van der Waals surface area contributed by atoms with E-state index in [1.165, 1.54) is 10.6 Å². The largest absolute Gasteiger partial charge is 0.463 e. The average molecular weight is 481 g/mol. The van der Waals surface area contributed by atoms with Gasteiger partial charge in [-0.25, -0.2) is 4.79 Å². The second-order valence-corrected chi connectivity index (χ2v) is 8.26. The number of rotatable bonds is 5. The second-order valence-electron chi connectivity index (χ2n) is 6.28. The van der Waals surface area contributed by atoms with Gasteiger partial charge in [0.1, 0.15) is 11.2 Å². The fourth-order valence-electron chi connectivity index (χ4n) is 2.87. The topological polar surface area (TPSA) is 77.8 Å². The first-order valence-electron chi connectivity index (χ1n) is 9.19. The lowest BCUT2D eigenvalue weighted by Gasteiger charge is -2.26. The fourth-order valence-corrected chi connectivity index (χ4v) is 4.32. The summed E-state index contributed by atoms with van der Waals surface area (Å²) in [4.78, 5) is 39.3. The SMILES string of the molecule is CCOC(=O)/C=c1\s/c(=C/c2cccc(Br)c2)c(=O)n1CC(=O)N1CCOCC1. The number of ether oxygens (including phenoxy) is 2. The zero-order valence-corrected chi connectivity index (χ0v) is 18.3. The first kappa shape index (κ1) is 21.5. The van der Waals surface area contributed by atoms with Gasteiger partial charge in [0, 0.05) is 17.6 Å². The number of hydrogen-bond acceptors (Lipinski definition) is 6. The highest BCUT2D eigenvalue weighted by molar-refractivity contribution is 9.10. The summed E-state index contributed by atoms with van der Waals surface area (Å²) in [6, 6.07) is 7.53. The summed E-state index contributed by atoms with van der Waals surface area (Å²) in [6.45, 7) is 3.75. The van der Waals surface area contributed by atoms with Crippen LogP contribution in [0.3, 0.4) is 0 Å². The molecule has 1 aromatic carbocycles. The molecule has 0 spiro atoms. The Balaban J connectivity index is 2.02. The van der Waals surface area contributed by atoms with Gasteiger partial charge in [-0.1, -0.05) is 28.1 Å². The number of benzene rings is 1. The Kier molecular flexibility index (Phi) is 7.40. The molecule has 9 heteroatoms. The van der Waals surface area contributed by atoms with Crippen molar-refractivity contribution < 1.29 is 19.1 Å². The smallest absolute Gasteiger partial charge is 0.333 e. The number of carbonyl (C=O) groups is 2. The lowest BCUT2D eigenvalue weighted by atomic mass is 10.2. The minimum absolute atomic E-state index is 0.132. The normalized spacial score (nSPS) is 15.6. The van der Waals surface area contributed by atoms with Crippen LogP contribution < -0.4 is 14.8 Å². The van der Waals surface area contributed by atoms with E-state index < -0.39 is 5.97 Å². The van der Waals surface area contributed by atoms with Crippen molar-refractivity contribution in [2.45, 2.75) is 13.5 Å². The number of amides is 1. The van der Waals surface area contributed by atoms with Crippen LogP contribution in [0.25, 0.3) is 12.2 Å². The highest BCUT2D eigenvalue weighted by Crippen LogP contribution is 2.11. The number of morpholine rings is 1. The number of carbonyl (C=O) groups excluding carboxylic acids is 2. The lowest BCUT2D eigenvalue weighted by molar-refractivity contribution is -0.136. The van der Waals surface area contributed by atoms with E-state index in [9.17, 15) is 14.4 Å². The van der Waals surface area contributed by atoms with Crippen LogP contribution in [-0.2, 0) is 25.6 Å². The van der Waals surface area contributed by atoms with Crippen molar-refractivity contribution in [2.24, 2.45) is 0 Å². The molecule has 0 radical (unpaired) electrons. The van der Waals surface area contributed by atoms with Crippen LogP contribution in [0, 0.1) is 0 Å². The van der Waals surface area contributed by atoms with E-state index in [2.05, 4.69) is 15.9 Å². The summed E-state index contributed by atoms with van der Waals surface area (Å²) in [7, 11) is 0. The van der Waals surface area contributed by atoms with Crippen molar-refractivity contribution in [1.29, 1.82) is 0 Å². The van der Waals surface area contributed by atoms with Gasteiger partial charge in [-0.05, 0) is 30.7 Å². The minimum Gasteiger partial charge on any atom is -0.463 e. The number of aromatic nitrogens is 1. The lowest BCUT2D eigenvalue weighted by Crippen LogP contribution is -2.45. The van der Waals surface area contributed by atoms with E-state index in [1.807, 2.05) is 24.3 Å². The van der Waals surface area contributed by atoms with Gasteiger partial charge < -0.3 is 14.4 Å². The highest BCUT2D eigenvalue weighted by Gasteiger charge is 2.19. The molecule has 1 aliphatic rings. The Morgan fingerprint density at radius 2 is 2.07 bits per heavy atom. The predicted octanol–water partition coefficient (Wildman–Crippen LogP) is 0.704. The molecule has 0 atom stereocenters. The van der Waals surface area contributed by atoms with Crippen LogP contribution in [0.1, 0.15) is 12.5 Å². The molecule has 1 aromatic heterocycles. The Labute approximate surface area is 180 Å². The Hall–Kier alpha value is -2.23. The predicted molar refractivity (Wildman–Crippen MR) is 114 cm³/mol. The molecule has 0 saturated carbocycles. The fraction of sp³-hybridized carbons (Fsp3) is 0.350. The van der Waals surface area contributed by atoms with Crippen LogP contribution in [0.5, 0.6) is 0 Å². The van der Waals surface area contributed by atoms with E-state index in [4.69, 9.17) is 9.47 Å². The summed E-state index contributed by atoms with van der Waals surface area (Å²) in [6.07, 6.45) is 3.01. The minimum atomic E-state index is -0.546. The molecule has 29 heavy (non-hydrogen) atoms. The van der Waals surface area contributed by atoms with Crippen molar-refractivity contribution in [1.82, 2.24) is 9.47 Å². The molecule has 3 rings (SSSR count). The van der Waals surface area contributed by atoms with Crippen molar-refractivity contribution in [3.8, 4) is 0 Å². The third-order valence-corrected chi connectivity index (χ3v) is 5.82. The Morgan fingerprint density at radius 3 is 2.76 bits per heavy atom. The highest BCUT2D eigenvalue weighted by atomic mass is 79.9. The molecule has 2 aromatic rings. The second kappa shape index (κ2) is 10.00. The molecule has 0 aliphatic carbocycles. The summed E-state index contributed by atoms with van der Waals surface area (Å²) < 4.78 is 13.3. The number of thiazole rings is 1. The zero-order chi connectivity index (χ0) is 20.8. The third kappa shape index (κ3) is 5.65. The molecule has 0 unspecified atom stereocenters. The van der Waals surface area contributed by atoms with Gasteiger partial charge in [0.25, 0.3) is 5.56 Å². The Bertz CT molecular complexity index is 1070. The number of nitrogens with zero attached hydrogens (tertiary/aromatic N) is 2. The third-order valence-electron chi connectivity index (χ3n) is 4.27. The Morgan fingerprint density at radius 1 is 1.31 bits per heavy atom. The van der Waals surface area contributed by atoms with Gasteiger partial charge >= 0.3 is 5.97 Å². The maximum Gasteiger partial charge on any atom is 0.333 e. The van der Waals surface area contributed by atoms with Gasteiger partial charge in [0.15, 0.2) is 0 Å². The van der Waals surface area contributed by atoms with E-state index >= 15 is 0 Å². The maximum absolute atomic E-state index is 13.0. The van der Waals surface area contributed by atoms with Crippen molar-refractivity contribution in [2.75, 3.05) is 32.9 Å². The van der Waals surface area contributed by atoms with Crippen LogP contribution in [-0.4, -0.2) is 54.3 Å². The van der Waals surface area contributed by atoms with E-state index in [0.29, 0.717) is 35.5 Å². The average Bonchev–Trinajstić information content (AvgIpc) is 2.97. The van der Waals surface area contributed by atoms with Crippen LogP contribution in [0.15, 0.2) is 33.5 Å². The monoisotopic (exact) mass is 480 g/mol. The summed E-state index contributed by atoms with van der Waals surface area (Å²) >= 11 is 4.57. The van der Waals surface area contributed by atoms with Crippen LogP contribution >= 0.6 is 27.3 Å². The maximum atomic E-state index is 13.0. The van der Waals surface area contributed by atoms with Gasteiger partial charge in [0.05, 0.1) is 30.4 Å². The molecule has 1 amide bonds. The molecule has 0 N–H and O–H groups in total. The first-order chi connectivity index (χ1) is 14.0. The molecule has 1 fully saturated rings. The van der Waals surface area contributed by atoms with Gasteiger partial charge in [-0.15, -0.1) is 11.3 Å². The van der Waals surface area contributed by atoms with Crippen LogP contribution in [0.2, 0.25) is 0 Å². The molecular weight excluding hydrogens is 460 g/mol. The first-order valence-corrected chi connectivity index (χ1v) is 10.8. The zero-order valence-electron chi connectivity index (χ0n) is 15.9. The molecule has 1 saturated heterocycles. The summed E-state index contributed by atoms with van der Waals surface area (Å²) in [5.41, 5.74) is 0.527. The molecular formula is C20H21BrN2O5S.